The van der Waals surface area contributed by atoms with Gasteiger partial charge in [-0.3, -0.25) is 9.88 Å². The van der Waals surface area contributed by atoms with Gasteiger partial charge in [-0.25, -0.2) is 4.98 Å². The molecule has 102 valence electrons. The standard InChI is InChI=1S/C14H20N4S/c1-4-15-12-5-6-16-13(7-12)8-18(3)9-14-11(2)17-10-19-14/h5-7,10H,4,8-9H2,1-3H3,(H,15,16). The Balaban J connectivity index is 1.96. The third kappa shape index (κ3) is 4.01. The van der Waals surface area contributed by atoms with Gasteiger partial charge in [0.25, 0.3) is 0 Å². The van der Waals surface area contributed by atoms with Crippen LogP contribution in [0.4, 0.5) is 5.69 Å². The molecule has 0 aliphatic carbocycles. The maximum Gasteiger partial charge on any atom is 0.0798 e. The highest BCUT2D eigenvalue weighted by Crippen LogP contribution is 2.16. The average molecular weight is 276 g/mol. The minimum absolute atomic E-state index is 0.844. The molecule has 0 saturated heterocycles. The zero-order valence-corrected chi connectivity index (χ0v) is 12.5. The smallest absolute Gasteiger partial charge is 0.0798 e. The molecule has 2 heterocycles. The molecule has 1 N–H and O–H groups in total. The summed E-state index contributed by atoms with van der Waals surface area (Å²) in [5, 5.41) is 3.31. The fourth-order valence-electron chi connectivity index (χ4n) is 1.93. The van der Waals surface area contributed by atoms with E-state index in [0.29, 0.717) is 0 Å². The Bertz CT molecular complexity index is 524. The van der Waals surface area contributed by atoms with E-state index in [9.17, 15) is 0 Å². The molecule has 0 atom stereocenters. The first kappa shape index (κ1) is 14.0. The zero-order valence-electron chi connectivity index (χ0n) is 11.7. The van der Waals surface area contributed by atoms with E-state index < -0.39 is 0 Å². The Morgan fingerprint density at radius 2 is 2.16 bits per heavy atom. The second-order valence-corrected chi connectivity index (χ2v) is 5.54. The summed E-state index contributed by atoms with van der Waals surface area (Å²) in [4.78, 5) is 12.3. The topological polar surface area (TPSA) is 41.1 Å². The summed E-state index contributed by atoms with van der Waals surface area (Å²) in [5.74, 6) is 0. The van der Waals surface area contributed by atoms with Gasteiger partial charge in [0.2, 0.25) is 0 Å². The fourth-order valence-corrected chi connectivity index (χ4v) is 2.79. The first-order chi connectivity index (χ1) is 9.19. The third-order valence-corrected chi connectivity index (χ3v) is 3.81. The Labute approximate surface area is 118 Å². The van der Waals surface area contributed by atoms with Gasteiger partial charge in [0.15, 0.2) is 0 Å². The van der Waals surface area contributed by atoms with Crippen LogP contribution in [0.1, 0.15) is 23.2 Å². The Morgan fingerprint density at radius 3 is 2.84 bits per heavy atom. The summed E-state index contributed by atoms with van der Waals surface area (Å²) >= 11 is 1.71. The summed E-state index contributed by atoms with van der Waals surface area (Å²) < 4.78 is 0. The molecule has 2 rings (SSSR count). The van der Waals surface area contributed by atoms with Gasteiger partial charge in [0.05, 0.1) is 16.9 Å². The van der Waals surface area contributed by atoms with E-state index in [0.717, 1.165) is 36.7 Å². The number of aryl methyl sites for hydroxylation is 1. The fraction of sp³-hybridized carbons (Fsp3) is 0.429. The molecule has 0 fully saturated rings. The highest BCUT2D eigenvalue weighted by atomic mass is 32.1. The van der Waals surface area contributed by atoms with Crippen LogP contribution in [0.2, 0.25) is 0 Å². The predicted molar refractivity (Wildman–Crippen MR) is 80.4 cm³/mol. The lowest BCUT2D eigenvalue weighted by atomic mass is 10.3. The molecule has 2 aromatic heterocycles. The lowest BCUT2D eigenvalue weighted by Gasteiger charge is -2.16. The molecule has 0 radical (unpaired) electrons. The van der Waals surface area contributed by atoms with Crippen molar-refractivity contribution in [1.29, 1.82) is 0 Å². The first-order valence-electron chi connectivity index (χ1n) is 6.45. The van der Waals surface area contributed by atoms with Crippen molar-refractivity contribution in [3.63, 3.8) is 0 Å². The number of thiazole rings is 1. The summed E-state index contributed by atoms with van der Waals surface area (Å²) in [7, 11) is 2.11. The van der Waals surface area contributed by atoms with Crippen LogP contribution < -0.4 is 5.32 Å². The molecular formula is C14H20N4S. The van der Waals surface area contributed by atoms with E-state index in [4.69, 9.17) is 0 Å². The minimum Gasteiger partial charge on any atom is -0.385 e. The molecule has 0 bridgehead atoms. The first-order valence-corrected chi connectivity index (χ1v) is 7.33. The van der Waals surface area contributed by atoms with Gasteiger partial charge in [-0.2, -0.15) is 0 Å². The lowest BCUT2D eigenvalue weighted by molar-refractivity contribution is 0.317. The maximum atomic E-state index is 4.42. The second-order valence-electron chi connectivity index (χ2n) is 4.60. The molecule has 5 heteroatoms. The SMILES string of the molecule is CCNc1ccnc(CN(C)Cc2scnc2C)c1. The van der Waals surface area contributed by atoms with Crippen molar-refractivity contribution in [3.8, 4) is 0 Å². The van der Waals surface area contributed by atoms with E-state index in [1.165, 1.54) is 4.88 Å². The molecule has 2 aromatic rings. The van der Waals surface area contributed by atoms with Crippen LogP contribution in [0, 0.1) is 6.92 Å². The van der Waals surface area contributed by atoms with Crippen molar-refractivity contribution in [2.45, 2.75) is 26.9 Å². The third-order valence-electron chi connectivity index (χ3n) is 2.89. The van der Waals surface area contributed by atoms with E-state index in [1.807, 2.05) is 17.8 Å². The molecule has 19 heavy (non-hydrogen) atoms. The molecular weight excluding hydrogens is 256 g/mol. The van der Waals surface area contributed by atoms with Crippen molar-refractivity contribution in [2.24, 2.45) is 0 Å². The quantitative estimate of drug-likeness (QED) is 0.881. The molecule has 0 saturated carbocycles. The van der Waals surface area contributed by atoms with E-state index in [-0.39, 0.29) is 0 Å². The van der Waals surface area contributed by atoms with Gasteiger partial charge < -0.3 is 5.32 Å². The van der Waals surface area contributed by atoms with Crippen molar-refractivity contribution < 1.29 is 0 Å². The average Bonchev–Trinajstić information content (AvgIpc) is 2.76. The van der Waals surface area contributed by atoms with Gasteiger partial charge in [0, 0.05) is 36.4 Å². The summed E-state index contributed by atoms with van der Waals surface area (Å²) in [6, 6.07) is 4.11. The summed E-state index contributed by atoms with van der Waals surface area (Å²) in [6.45, 7) is 6.85. The number of nitrogens with one attached hydrogen (secondary N) is 1. The van der Waals surface area contributed by atoms with Crippen LogP contribution in [0.15, 0.2) is 23.8 Å². The van der Waals surface area contributed by atoms with Crippen LogP contribution in [0.25, 0.3) is 0 Å². The van der Waals surface area contributed by atoms with Crippen LogP contribution in [0.3, 0.4) is 0 Å². The normalized spacial score (nSPS) is 10.9. The number of anilines is 1. The number of aromatic nitrogens is 2. The number of pyridine rings is 1. The predicted octanol–water partition coefficient (Wildman–Crippen LogP) is 2.91. The van der Waals surface area contributed by atoms with Gasteiger partial charge in [-0.15, -0.1) is 11.3 Å². The molecule has 0 amide bonds. The van der Waals surface area contributed by atoms with Gasteiger partial charge >= 0.3 is 0 Å². The zero-order chi connectivity index (χ0) is 13.7. The van der Waals surface area contributed by atoms with Gasteiger partial charge in [0.1, 0.15) is 0 Å². The molecule has 4 nitrogen and oxygen atoms in total. The van der Waals surface area contributed by atoms with Gasteiger partial charge in [-0.05, 0) is 33.0 Å². The minimum atomic E-state index is 0.844. The van der Waals surface area contributed by atoms with Crippen molar-refractivity contribution in [2.75, 3.05) is 18.9 Å². The molecule has 0 unspecified atom stereocenters. The van der Waals surface area contributed by atoms with E-state index in [1.54, 1.807) is 11.3 Å². The number of hydrogen-bond donors (Lipinski definition) is 1. The largest absolute Gasteiger partial charge is 0.385 e. The lowest BCUT2D eigenvalue weighted by Crippen LogP contribution is -2.18. The summed E-state index contributed by atoms with van der Waals surface area (Å²) in [5.41, 5.74) is 5.26. The van der Waals surface area contributed by atoms with E-state index >= 15 is 0 Å². The number of rotatable bonds is 6. The summed E-state index contributed by atoms with van der Waals surface area (Å²) in [6.07, 6.45) is 1.86. The van der Waals surface area contributed by atoms with Gasteiger partial charge in [-0.1, -0.05) is 0 Å². The highest BCUT2D eigenvalue weighted by molar-refractivity contribution is 7.09. The molecule has 0 spiro atoms. The molecule has 0 aliphatic rings. The number of hydrogen-bond acceptors (Lipinski definition) is 5. The van der Waals surface area contributed by atoms with E-state index in [2.05, 4.69) is 47.1 Å². The second kappa shape index (κ2) is 6.63. The highest BCUT2D eigenvalue weighted by Gasteiger charge is 2.07. The molecule has 0 aliphatic heterocycles. The van der Waals surface area contributed by atoms with Crippen molar-refractivity contribution in [3.05, 3.63) is 40.1 Å². The van der Waals surface area contributed by atoms with Crippen molar-refractivity contribution >= 4 is 17.0 Å². The van der Waals surface area contributed by atoms with Crippen LogP contribution in [-0.4, -0.2) is 28.5 Å². The Hall–Kier alpha value is -1.46. The Morgan fingerprint density at radius 1 is 1.32 bits per heavy atom. The van der Waals surface area contributed by atoms with Crippen LogP contribution >= 0.6 is 11.3 Å². The van der Waals surface area contributed by atoms with Crippen molar-refractivity contribution in [1.82, 2.24) is 14.9 Å². The molecule has 0 aromatic carbocycles. The van der Waals surface area contributed by atoms with Crippen LogP contribution in [0.5, 0.6) is 0 Å². The monoisotopic (exact) mass is 276 g/mol. The van der Waals surface area contributed by atoms with Crippen LogP contribution in [-0.2, 0) is 13.1 Å². The Kier molecular flexibility index (Phi) is 4.87. The maximum absolute atomic E-state index is 4.42. The number of nitrogens with zero attached hydrogens (tertiary/aromatic N) is 3.